The molecule has 0 aromatic rings. The number of aliphatic carboxylic acids is 1. The Balaban J connectivity index is 1.65. The Morgan fingerprint density at radius 3 is 2.78 bits per heavy atom. The minimum atomic E-state index is -1.73. The van der Waals surface area contributed by atoms with Gasteiger partial charge in [0.05, 0.1) is 18.8 Å². The first-order valence-corrected chi connectivity index (χ1v) is 15.8. The molecule has 0 aromatic carbocycles. The lowest BCUT2D eigenvalue weighted by Gasteiger charge is -2.33. The van der Waals surface area contributed by atoms with Crippen LogP contribution in [0.3, 0.4) is 0 Å². The minimum Gasteiger partial charge on any atom is -0.481 e. The number of hydrogen-bond acceptors (Lipinski definition) is 5. The largest absolute Gasteiger partial charge is 0.481 e. The molecule has 7 heteroatoms. The number of hydrogen-bond donors (Lipinski definition) is 1. The number of rotatable bonds is 11. The maximum absolute atomic E-state index is 10.8. The molecule has 3 rings (SSSR count). The zero-order valence-electron chi connectivity index (χ0n) is 20.5. The van der Waals surface area contributed by atoms with Crippen molar-refractivity contribution in [2.75, 3.05) is 19.8 Å². The van der Waals surface area contributed by atoms with Crippen molar-refractivity contribution in [3.05, 3.63) is 11.6 Å². The van der Waals surface area contributed by atoms with Gasteiger partial charge in [0.2, 0.25) is 0 Å². The lowest BCUT2D eigenvalue weighted by Crippen LogP contribution is -2.39. The van der Waals surface area contributed by atoms with E-state index in [1.807, 2.05) is 0 Å². The van der Waals surface area contributed by atoms with E-state index >= 15 is 0 Å². The summed E-state index contributed by atoms with van der Waals surface area (Å²) in [4.78, 5) is 10.8. The van der Waals surface area contributed by atoms with E-state index in [0.717, 1.165) is 51.4 Å². The number of ether oxygens (including phenoxy) is 3. The molecule has 2 heterocycles. The van der Waals surface area contributed by atoms with Crippen LogP contribution in [0, 0.1) is 17.8 Å². The molecule has 5 atom stereocenters. The number of allylic oxidation sites excluding steroid dienone is 1. The van der Waals surface area contributed by atoms with Crippen LogP contribution in [0.15, 0.2) is 11.6 Å². The standard InChI is InChI=1S/C25H44O6Si/c1-18(2)17-32(3,4)30-16-21-20-12-11-19(8-7-9-24(26)27)15-29-22(20)14-23(21)31-25-10-5-6-13-28-25/h11,18,20-23,25H,5-10,12-17H2,1-4H3,(H,26,27)/t20-,21-,22+,23-,25?/m1/s1. The van der Waals surface area contributed by atoms with E-state index in [2.05, 4.69) is 33.0 Å². The molecule has 0 radical (unpaired) electrons. The van der Waals surface area contributed by atoms with Gasteiger partial charge in [0.1, 0.15) is 0 Å². The highest BCUT2D eigenvalue weighted by atomic mass is 28.4. The van der Waals surface area contributed by atoms with Crippen molar-refractivity contribution in [2.45, 2.75) is 103 Å². The minimum absolute atomic E-state index is 0.0957. The van der Waals surface area contributed by atoms with Crippen molar-refractivity contribution >= 4 is 14.3 Å². The van der Waals surface area contributed by atoms with Crippen molar-refractivity contribution in [3.63, 3.8) is 0 Å². The van der Waals surface area contributed by atoms with Gasteiger partial charge < -0.3 is 23.7 Å². The summed E-state index contributed by atoms with van der Waals surface area (Å²) in [6, 6.07) is 1.16. The summed E-state index contributed by atoms with van der Waals surface area (Å²) in [6.45, 7) is 11.3. The zero-order chi connectivity index (χ0) is 23.1. The van der Waals surface area contributed by atoms with E-state index in [1.165, 1.54) is 12.0 Å². The average molecular weight is 469 g/mol. The van der Waals surface area contributed by atoms with E-state index in [1.54, 1.807) is 0 Å². The molecule has 32 heavy (non-hydrogen) atoms. The summed E-state index contributed by atoms with van der Waals surface area (Å²) < 4.78 is 25.4. The smallest absolute Gasteiger partial charge is 0.303 e. The molecular weight excluding hydrogens is 424 g/mol. The summed E-state index contributed by atoms with van der Waals surface area (Å²) in [5.74, 6) is 0.601. The summed E-state index contributed by atoms with van der Waals surface area (Å²) in [7, 11) is -1.73. The van der Waals surface area contributed by atoms with Crippen LogP contribution in [-0.4, -0.2) is 57.7 Å². The maximum atomic E-state index is 10.8. The van der Waals surface area contributed by atoms with Gasteiger partial charge in [0.25, 0.3) is 0 Å². The predicted octanol–water partition coefficient (Wildman–Crippen LogP) is 5.38. The first kappa shape index (κ1) is 25.9. The molecule has 2 aliphatic heterocycles. The number of carbonyl (C=O) groups is 1. The van der Waals surface area contributed by atoms with Crippen LogP contribution < -0.4 is 0 Å². The van der Waals surface area contributed by atoms with Gasteiger partial charge in [-0.15, -0.1) is 0 Å². The molecule has 1 aliphatic carbocycles. The third kappa shape index (κ3) is 7.94. The Bertz CT molecular complexity index is 628. The summed E-state index contributed by atoms with van der Waals surface area (Å²) in [6.07, 6.45) is 9.28. The van der Waals surface area contributed by atoms with Crippen molar-refractivity contribution in [2.24, 2.45) is 17.8 Å². The fraction of sp³-hybridized carbons (Fsp3) is 0.880. The summed E-state index contributed by atoms with van der Waals surface area (Å²) >= 11 is 0. The second-order valence-electron chi connectivity index (χ2n) is 10.9. The van der Waals surface area contributed by atoms with Gasteiger partial charge in [-0.3, -0.25) is 4.79 Å². The maximum Gasteiger partial charge on any atom is 0.303 e. The van der Waals surface area contributed by atoms with Gasteiger partial charge in [-0.05, 0) is 75.1 Å². The Morgan fingerprint density at radius 2 is 2.09 bits per heavy atom. The molecule has 6 nitrogen and oxygen atoms in total. The van der Waals surface area contributed by atoms with Crippen LogP contribution in [0.4, 0.5) is 0 Å². The van der Waals surface area contributed by atoms with Crippen LogP contribution in [-0.2, 0) is 23.4 Å². The van der Waals surface area contributed by atoms with Crippen molar-refractivity contribution in [1.29, 1.82) is 0 Å². The van der Waals surface area contributed by atoms with Crippen molar-refractivity contribution < 1.29 is 28.5 Å². The molecule has 0 bridgehead atoms. The quantitative estimate of drug-likeness (QED) is 0.324. The first-order valence-electron chi connectivity index (χ1n) is 12.7. The lowest BCUT2D eigenvalue weighted by atomic mass is 9.90. The third-order valence-electron chi connectivity index (χ3n) is 7.05. The Kier molecular flexibility index (Phi) is 9.80. The number of carboxylic acid groups (broad SMARTS) is 1. The second-order valence-corrected chi connectivity index (χ2v) is 15.1. The van der Waals surface area contributed by atoms with Crippen LogP contribution in [0.1, 0.15) is 65.2 Å². The van der Waals surface area contributed by atoms with E-state index in [0.29, 0.717) is 30.8 Å². The van der Waals surface area contributed by atoms with Crippen LogP contribution >= 0.6 is 0 Å². The average Bonchev–Trinajstić information content (AvgIpc) is 2.91. The van der Waals surface area contributed by atoms with Crippen LogP contribution in [0.5, 0.6) is 0 Å². The number of fused-ring (bicyclic) bond motifs is 1. The van der Waals surface area contributed by atoms with Crippen LogP contribution in [0.25, 0.3) is 0 Å². The van der Waals surface area contributed by atoms with E-state index < -0.39 is 14.3 Å². The van der Waals surface area contributed by atoms with Gasteiger partial charge in [0.15, 0.2) is 14.6 Å². The highest BCUT2D eigenvalue weighted by Crippen LogP contribution is 2.42. The van der Waals surface area contributed by atoms with Gasteiger partial charge in [-0.25, -0.2) is 0 Å². The van der Waals surface area contributed by atoms with Gasteiger partial charge in [0, 0.05) is 32.0 Å². The number of carboxylic acids is 1. The first-order chi connectivity index (χ1) is 15.2. The second kappa shape index (κ2) is 12.1. The Morgan fingerprint density at radius 1 is 1.28 bits per heavy atom. The predicted molar refractivity (Wildman–Crippen MR) is 127 cm³/mol. The van der Waals surface area contributed by atoms with Gasteiger partial charge in [-0.2, -0.15) is 0 Å². The summed E-state index contributed by atoms with van der Waals surface area (Å²) in [5.41, 5.74) is 1.24. The van der Waals surface area contributed by atoms with Gasteiger partial charge >= 0.3 is 5.97 Å². The molecule has 3 aliphatic rings. The van der Waals surface area contributed by atoms with Crippen LogP contribution in [0.2, 0.25) is 19.1 Å². The fourth-order valence-electron chi connectivity index (χ4n) is 5.63. The molecule has 1 saturated carbocycles. The molecule has 0 spiro atoms. The molecule has 1 unspecified atom stereocenters. The molecule has 1 saturated heterocycles. The monoisotopic (exact) mass is 468 g/mol. The Labute approximate surface area is 195 Å². The highest BCUT2D eigenvalue weighted by molar-refractivity contribution is 6.71. The van der Waals surface area contributed by atoms with Crippen molar-refractivity contribution in [3.8, 4) is 0 Å². The highest BCUT2D eigenvalue weighted by Gasteiger charge is 2.46. The van der Waals surface area contributed by atoms with Gasteiger partial charge in [-0.1, -0.05) is 19.9 Å². The Hall–Kier alpha value is -0.733. The van der Waals surface area contributed by atoms with Crippen molar-refractivity contribution in [1.82, 2.24) is 0 Å². The third-order valence-corrected chi connectivity index (χ3v) is 9.80. The summed E-state index contributed by atoms with van der Waals surface area (Å²) in [5, 5.41) is 8.92. The SMILES string of the molecule is CC(C)C[Si](C)(C)OC[C@@H]1[C@H]2CC=C(CCCC(=O)O)CO[C@H]2C[C@H]1OC1CCCCO1. The van der Waals surface area contributed by atoms with E-state index in [-0.39, 0.29) is 24.9 Å². The topological polar surface area (TPSA) is 74.2 Å². The van der Waals surface area contributed by atoms with E-state index in [4.69, 9.17) is 23.7 Å². The zero-order valence-corrected chi connectivity index (χ0v) is 21.5. The molecule has 2 fully saturated rings. The molecule has 1 N–H and O–H groups in total. The molecule has 0 amide bonds. The molecular formula is C25H44O6Si. The van der Waals surface area contributed by atoms with E-state index in [9.17, 15) is 4.79 Å². The fourth-order valence-corrected chi connectivity index (χ4v) is 8.36. The molecule has 0 aromatic heterocycles. The normalized spacial score (nSPS) is 31.3. The molecule has 184 valence electrons. The lowest BCUT2D eigenvalue weighted by molar-refractivity contribution is -0.198.